The Hall–Kier alpha value is -1.92. The first-order chi connectivity index (χ1) is 9.58. The Morgan fingerprint density at radius 1 is 1.30 bits per heavy atom. The third-order valence-electron chi connectivity index (χ3n) is 3.37. The van der Waals surface area contributed by atoms with E-state index < -0.39 is 30.0 Å². The molecule has 3 atom stereocenters. The predicted molar refractivity (Wildman–Crippen MR) is 69.8 cm³/mol. The van der Waals surface area contributed by atoms with Crippen molar-refractivity contribution in [1.29, 1.82) is 0 Å². The van der Waals surface area contributed by atoms with Crippen molar-refractivity contribution in [2.24, 2.45) is 5.92 Å². The molecule has 1 aromatic rings. The van der Waals surface area contributed by atoms with Gasteiger partial charge in [-0.15, -0.1) is 0 Å². The molecular weight excluding hydrogens is 262 g/mol. The fraction of sp³-hybridized carbons (Fsp3) is 0.429. The average Bonchev–Trinajstić information content (AvgIpc) is 2.79. The van der Waals surface area contributed by atoms with Gasteiger partial charge in [0, 0.05) is 12.6 Å². The number of aliphatic hydroxyl groups is 1. The third kappa shape index (κ3) is 3.55. The molecule has 108 valence electrons. The van der Waals surface area contributed by atoms with Gasteiger partial charge in [-0.1, -0.05) is 30.3 Å². The number of rotatable bonds is 5. The van der Waals surface area contributed by atoms with Crippen LogP contribution in [0.1, 0.15) is 12.0 Å². The molecule has 0 bridgehead atoms. The van der Waals surface area contributed by atoms with Gasteiger partial charge in [0.15, 0.2) is 0 Å². The lowest BCUT2D eigenvalue weighted by atomic mass is 10.0. The minimum Gasteiger partial charge on any atom is -0.481 e. The highest BCUT2D eigenvalue weighted by Crippen LogP contribution is 2.18. The van der Waals surface area contributed by atoms with Gasteiger partial charge in [-0.3, -0.25) is 9.59 Å². The second-order valence-corrected chi connectivity index (χ2v) is 4.80. The lowest BCUT2D eigenvalue weighted by molar-refractivity contribution is -0.148. The highest BCUT2D eigenvalue weighted by atomic mass is 16.5. The van der Waals surface area contributed by atoms with Crippen molar-refractivity contribution in [3.05, 3.63) is 35.9 Å². The van der Waals surface area contributed by atoms with Gasteiger partial charge >= 0.3 is 11.9 Å². The Morgan fingerprint density at radius 2 is 2.00 bits per heavy atom. The second kappa shape index (κ2) is 6.49. The fourth-order valence-electron chi connectivity index (χ4n) is 2.20. The van der Waals surface area contributed by atoms with Gasteiger partial charge in [0.1, 0.15) is 6.61 Å². The molecule has 0 unspecified atom stereocenters. The number of carbonyl (C=O) groups is 2. The largest absolute Gasteiger partial charge is 0.481 e. The van der Waals surface area contributed by atoms with E-state index >= 15 is 0 Å². The molecule has 1 aliphatic heterocycles. The molecule has 1 saturated heterocycles. The Balaban J connectivity index is 1.79. The maximum atomic E-state index is 11.7. The smallest absolute Gasteiger partial charge is 0.310 e. The molecule has 1 aromatic carbocycles. The van der Waals surface area contributed by atoms with Gasteiger partial charge in [0.05, 0.1) is 18.4 Å². The number of hydrogen-bond donors (Lipinski definition) is 3. The topological polar surface area (TPSA) is 95.9 Å². The van der Waals surface area contributed by atoms with Crippen molar-refractivity contribution in [2.75, 3.05) is 6.54 Å². The highest BCUT2D eigenvalue weighted by molar-refractivity contribution is 5.73. The third-order valence-corrected chi connectivity index (χ3v) is 3.37. The van der Waals surface area contributed by atoms with E-state index in [9.17, 15) is 14.7 Å². The SMILES string of the molecule is O=C(C[C@H]1NC[C@@H](C(=O)O)[C@@H]1O)OCc1ccccc1. The zero-order valence-corrected chi connectivity index (χ0v) is 10.9. The number of aliphatic carboxylic acids is 1. The second-order valence-electron chi connectivity index (χ2n) is 4.80. The van der Waals surface area contributed by atoms with Crippen molar-refractivity contribution in [3.8, 4) is 0 Å². The minimum atomic E-state index is -1.07. The number of carboxylic acid groups (broad SMARTS) is 1. The summed E-state index contributed by atoms with van der Waals surface area (Å²) >= 11 is 0. The van der Waals surface area contributed by atoms with Crippen LogP contribution in [0.25, 0.3) is 0 Å². The first-order valence-electron chi connectivity index (χ1n) is 6.41. The van der Waals surface area contributed by atoms with Crippen LogP contribution in [-0.4, -0.2) is 40.8 Å². The summed E-state index contributed by atoms with van der Waals surface area (Å²) in [4.78, 5) is 22.5. The van der Waals surface area contributed by atoms with Gasteiger partial charge in [-0.2, -0.15) is 0 Å². The molecule has 0 radical (unpaired) electrons. The molecule has 0 amide bonds. The number of carboxylic acids is 1. The van der Waals surface area contributed by atoms with Crippen LogP contribution >= 0.6 is 0 Å². The Morgan fingerprint density at radius 3 is 2.60 bits per heavy atom. The molecular formula is C14H17NO5. The van der Waals surface area contributed by atoms with Crippen molar-refractivity contribution >= 4 is 11.9 Å². The van der Waals surface area contributed by atoms with Crippen LogP contribution in [0.15, 0.2) is 30.3 Å². The van der Waals surface area contributed by atoms with E-state index in [2.05, 4.69) is 5.32 Å². The first kappa shape index (κ1) is 14.5. The lowest BCUT2D eigenvalue weighted by Crippen LogP contribution is -2.35. The van der Waals surface area contributed by atoms with Gasteiger partial charge < -0.3 is 20.3 Å². The van der Waals surface area contributed by atoms with Crippen molar-refractivity contribution in [2.45, 2.75) is 25.2 Å². The zero-order chi connectivity index (χ0) is 14.5. The summed E-state index contributed by atoms with van der Waals surface area (Å²) in [5.74, 6) is -2.40. The summed E-state index contributed by atoms with van der Waals surface area (Å²) < 4.78 is 5.10. The van der Waals surface area contributed by atoms with Crippen LogP contribution < -0.4 is 5.32 Å². The summed E-state index contributed by atoms with van der Waals surface area (Å²) in [5.41, 5.74) is 0.879. The van der Waals surface area contributed by atoms with E-state index in [0.717, 1.165) is 5.56 Å². The number of esters is 1. The molecule has 1 fully saturated rings. The van der Waals surface area contributed by atoms with Gasteiger partial charge in [0.25, 0.3) is 0 Å². The fourth-order valence-corrected chi connectivity index (χ4v) is 2.20. The van der Waals surface area contributed by atoms with Gasteiger partial charge in [-0.25, -0.2) is 0 Å². The van der Waals surface area contributed by atoms with Crippen LogP contribution in [0.4, 0.5) is 0 Å². The molecule has 6 heteroatoms. The van der Waals surface area contributed by atoms with Crippen molar-refractivity contribution in [3.63, 3.8) is 0 Å². The Labute approximate surface area is 116 Å². The molecule has 0 aromatic heterocycles. The van der Waals surface area contributed by atoms with Gasteiger partial charge in [0.2, 0.25) is 0 Å². The van der Waals surface area contributed by atoms with E-state index in [1.807, 2.05) is 30.3 Å². The molecule has 0 saturated carbocycles. The molecule has 2 rings (SSSR count). The summed E-state index contributed by atoms with van der Waals surface area (Å²) in [7, 11) is 0. The number of benzene rings is 1. The summed E-state index contributed by atoms with van der Waals surface area (Å²) in [6.45, 7) is 0.331. The Kier molecular flexibility index (Phi) is 4.70. The van der Waals surface area contributed by atoms with E-state index in [-0.39, 0.29) is 19.6 Å². The van der Waals surface area contributed by atoms with Crippen LogP contribution in [0.5, 0.6) is 0 Å². The van der Waals surface area contributed by atoms with E-state index in [1.54, 1.807) is 0 Å². The predicted octanol–water partition coefficient (Wildman–Crippen LogP) is 0.153. The van der Waals surface area contributed by atoms with Crippen LogP contribution in [0, 0.1) is 5.92 Å². The normalized spacial score (nSPS) is 25.4. The number of carbonyl (C=O) groups excluding carboxylic acids is 1. The number of aliphatic hydroxyl groups excluding tert-OH is 1. The number of nitrogens with one attached hydrogen (secondary N) is 1. The molecule has 1 aliphatic rings. The molecule has 3 N–H and O–H groups in total. The highest BCUT2D eigenvalue weighted by Gasteiger charge is 2.39. The van der Waals surface area contributed by atoms with Crippen LogP contribution in [0.3, 0.4) is 0 Å². The maximum Gasteiger partial charge on any atom is 0.310 e. The van der Waals surface area contributed by atoms with Crippen molar-refractivity contribution < 1.29 is 24.5 Å². The average molecular weight is 279 g/mol. The zero-order valence-electron chi connectivity index (χ0n) is 10.9. The maximum absolute atomic E-state index is 11.7. The van der Waals surface area contributed by atoms with Crippen LogP contribution in [-0.2, 0) is 20.9 Å². The van der Waals surface area contributed by atoms with E-state index in [1.165, 1.54) is 0 Å². The summed E-state index contributed by atoms with van der Waals surface area (Å²) in [5, 5.41) is 21.5. The molecule has 0 spiro atoms. The van der Waals surface area contributed by atoms with Crippen molar-refractivity contribution in [1.82, 2.24) is 5.32 Å². The first-order valence-corrected chi connectivity index (χ1v) is 6.41. The molecule has 6 nitrogen and oxygen atoms in total. The summed E-state index contributed by atoms with van der Waals surface area (Å²) in [6.07, 6.45) is -1.12. The molecule has 0 aliphatic carbocycles. The minimum absolute atomic E-state index is 0.0439. The van der Waals surface area contributed by atoms with E-state index in [4.69, 9.17) is 9.84 Å². The Bertz CT molecular complexity index is 476. The molecule has 20 heavy (non-hydrogen) atoms. The standard InChI is InChI=1S/C14H17NO5/c16-12(20-8-9-4-2-1-3-5-9)6-11-13(17)10(7-15-11)14(18)19/h1-5,10-11,13,15,17H,6-8H2,(H,18,19)/t10-,11-,13+/m1/s1. The summed E-state index contributed by atoms with van der Waals surface area (Å²) in [6, 6.07) is 8.69. The quantitative estimate of drug-likeness (QED) is 0.664. The molecule has 1 heterocycles. The van der Waals surface area contributed by atoms with Crippen LogP contribution in [0.2, 0.25) is 0 Å². The monoisotopic (exact) mass is 279 g/mol. The number of ether oxygens (including phenoxy) is 1. The van der Waals surface area contributed by atoms with Gasteiger partial charge in [-0.05, 0) is 5.56 Å². The van der Waals surface area contributed by atoms with E-state index in [0.29, 0.717) is 0 Å². The lowest BCUT2D eigenvalue weighted by Gasteiger charge is -2.15. The number of hydrogen-bond acceptors (Lipinski definition) is 5.